The molecule has 0 aliphatic rings. The number of halogens is 1. The molecule has 0 atom stereocenters. The third kappa shape index (κ3) is 5.32. The number of aromatic nitrogens is 3. The van der Waals surface area contributed by atoms with Gasteiger partial charge in [0.15, 0.2) is 12.3 Å². The summed E-state index contributed by atoms with van der Waals surface area (Å²) in [5.41, 5.74) is 3.29. The molecule has 29 heavy (non-hydrogen) atoms. The number of amides is 2. The van der Waals surface area contributed by atoms with Crippen LogP contribution in [0.25, 0.3) is 11.0 Å². The van der Waals surface area contributed by atoms with Crippen molar-refractivity contribution in [1.82, 2.24) is 20.1 Å². The third-order valence-corrected chi connectivity index (χ3v) is 4.76. The van der Waals surface area contributed by atoms with Crippen molar-refractivity contribution in [2.24, 2.45) is 7.05 Å². The second kappa shape index (κ2) is 9.04. The molecule has 0 spiro atoms. The Kier molecular flexibility index (Phi) is 6.48. The number of benzene rings is 1. The van der Waals surface area contributed by atoms with Crippen molar-refractivity contribution in [2.75, 3.05) is 18.5 Å². The maximum absolute atomic E-state index is 12.1. The Hall–Kier alpha value is -2.94. The summed E-state index contributed by atoms with van der Waals surface area (Å²) in [6.45, 7) is 3.90. The highest BCUT2D eigenvalue weighted by Gasteiger charge is 2.15. The van der Waals surface area contributed by atoms with E-state index in [-0.39, 0.29) is 31.4 Å². The summed E-state index contributed by atoms with van der Waals surface area (Å²) < 4.78 is 8.17. The fourth-order valence-corrected chi connectivity index (χ4v) is 3.17. The number of carbonyl (C=O) groups is 2. The standard InChI is InChI=1S/C20H22BrN5O3/c1-12-10-13(2)23-19-18(12)20(25-26(19)3)29-11-17(28)22-9-8-16(27)24-15-6-4-14(21)5-7-15/h4-7,10H,8-9,11H2,1-3H3,(H,22,28)(H,24,27). The Morgan fingerprint density at radius 1 is 1.17 bits per heavy atom. The summed E-state index contributed by atoms with van der Waals surface area (Å²) in [4.78, 5) is 28.5. The van der Waals surface area contributed by atoms with Crippen LogP contribution < -0.4 is 15.4 Å². The molecule has 0 saturated carbocycles. The van der Waals surface area contributed by atoms with Gasteiger partial charge in [-0.05, 0) is 49.7 Å². The molecule has 0 aliphatic carbocycles. The minimum absolute atomic E-state index is 0.163. The molecule has 3 aromatic rings. The van der Waals surface area contributed by atoms with Gasteiger partial charge in [0.1, 0.15) is 0 Å². The molecule has 2 N–H and O–H groups in total. The zero-order chi connectivity index (χ0) is 21.0. The van der Waals surface area contributed by atoms with E-state index >= 15 is 0 Å². The van der Waals surface area contributed by atoms with E-state index in [1.54, 1.807) is 23.9 Å². The van der Waals surface area contributed by atoms with Gasteiger partial charge in [-0.2, -0.15) is 0 Å². The van der Waals surface area contributed by atoms with Crippen LogP contribution in [-0.4, -0.2) is 39.7 Å². The van der Waals surface area contributed by atoms with Crippen LogP contribution in [0.2, 0.25) is 0 Å². The van der Waals surface area contributed by atoms with E-state index in [1.807, 2.05) is 32.0 Å². The van der Waals surface area contributed by atoms with Gasteiger partial charge in [0.05, 0.1) is 5.39 Å². The second-order valence-electron chi connectivity index (χ2n) is 6.65. The van der Waals surface area contributed by atoms with E-state index in [1.165, 1.54) is 0 Å². The minimum Gasteiger partial charge on any atom is -0.466 e. The Morgan fingerprint density at radius 3 is 2.62 bits per heavy atom. The van der Waals surface area contributed by atoms with Gasteiger partial charge in [0.25, 0.3) is 5.91 Å². The molecule has 0 unspecified atom stereocenters. The molecule has 0 bridgehead atoms. The number of fused-ring (bicyclic) bond motifs is 1. The lowest BCUT2D eigenvalue weighted by Crippen LogP contribution is -2.31. The lowest BCUT2D eigenvalue weighted by Gasteiger charge is -2.08. The summed E-state index contributed by atoms with van der Waals surface area (Å²) in [5.74, 6) is -0.130. The molecule has 3 rings (SSSR count). The average molecular weight is 460 g/mol. The molecular formula is C20H22BrN5O3. The largest absolute Gasteiger partial charge is 0.466 e. The number of anilines is 1. The molecule has 0 saturated heterocycles. The molecule has 9 heteroatoms. The SMILES string of the molecule is Cc1cc(C)c2c(OCC(=O)NCCC(=O)Nc3ccc(Br)cc3)nn(C)c2n1. The smallest absolute Gasteiger partial charge is 0.258 e. The lowest BCUT2D eigenvalue weighted by atomic mass is 10.2. The molecular weight excluding hydrogens is 438 g/mol. The van der Waals surface area contributed by atoms with Gasteiger partial charge < -0.3 is 15.4 Å². The first-order chi connectivity index (χ1) is 13.8. The van der Waals surface area contributed by atoms with Crippen LogP contribution in [0.3, 0.4) is 0 Å². The van der Waals surface area contributed by atoms with E-state index in [4.69, 9.17) is 4.74 Å². The van der Waals surface area contributed by atoms with Crippen LogP contribution in [0.1, 0.15) is 17.7 Å². The number of carbonyl (C=O) groups excluding carboxylic acids is 2. The summed E-state index contributed by atoms with van der Waals surface area (Å²) in [5, 5.41) is 10.5. The van der Waals surface area contributed by atoms with Gasteiger partial charge >= 0.3 is 0 Å². The zero-order valence-electron chi connectivity index (χ0n) is 16.5. The van der Waals surface area contributed by atoms with Crippen LogP contribution in [0.5, 0.6) is 5.88 Å². The van der Waals surface area contributed by atoms with Gasteiger partial charge in [-0.1, -0.05) is 15.9 Å². The molecule has 2 heterocycles. The van der Waals surface area contributed by atoms with Crippen molar-refractivity contribution in [1.29, 1.82) is 0 Å². The first-order valence-electron chi connectivity index (χ1n) is 9.09. The van der Waals surface area contributed by atoms with Crippen LogP contribution in [0.4, 0.5) is 5.69 Å². The highest BCUT2D eigenvalue weighted by molar-refractivity contribution is 9.10. The van der Waals surface area contributed by atoms with Crippen molar-refractivity contribution in [3.63, 3.8) is 0 Å². The van der Waals surface area contributed by atoms with Crippen LogP contribution in [0.15, 0.2) is 34.8 Å². The number of aryl methyl sites for hydroxylation is 3. The fourth-order valence-electron chi connectivity index (χ4n) is 2.91. The molecule has 2 aromatic heterocycles. The highest BCUT2D eigenvalue weighted by atomic mass is 79.9. The van der Waals surface area contributed by atoms with Crippen molar-refractivity contribution in [2.45, 2.75) is 20.3 Å². The summed E-state index contributed by atoms with van der Waals surface area (Å²) in [7, 11) is 1.78. The fraction of sp³-hybridized carbons (Fsp3) is 0.300. The lowest BCUT2D eigenvalue weighted by molar-refractivity contribution is -0.123. The Bertz CT molecular complexity index is 1050. The van der Waals surface area contributed by atoms with E-state index < -0.39 is 0 Å². The molecule has 2 amide bonds. The van der Waals surface area contributed by atoms with Crippen molar-refractivity contribution in [3.05, 3.63) is 46.1 Å². The Balaban J connectivity index is 1.47. The van der Waals surface area contributed by atoms with Gasteiger partial charge in [0, 0.05) is 35.9 Å². The van der Waals surface area contributed by atoms with Gasteiger partial charge in [-0.3, -0.25) is 9.59 Å². The van der Waals surface area contributed by atoms with E-state index in [0.717, 1.165) is 21.1 Å². The number of pyridine rings is 1. The van der Waals surface area contributed by atoms with Gasteiger partial charge in [-0.25, -0.2) is 9.67 Å². The maximum atomic E-state index is 12.1. The van der Waals surface area contributed by atoms with Crippen molar-refractivity contribution < 1.29 is 14.3 Å². The maximum Gasteiger partial charge on any atom is 0.258 e. The molecule has 0 fully saturated rings. The van der Waals surface area contributed by atoms with E-state index in [9.17, 15) is 9.59 Å². The number of ether oxygens (including phenoxy) is 1. The summed E-state index contributed by atoms with van der Waals surface area (Å²) in [6.07, 6.45) is 0.163. The monoisotopic (exact) mass is 459 g/mol. The predicted octanol–water partition coefficient (Wildman–Crippen LogP) is 2.87. The second-order valence-corrected chi connectivity index (χ2v) is 7.57. The van der Waals surface area contributed by atoms with Gasteiger partial charge in [-0.15, -0.1) is 5.10 Å². The van der Waals surface area contributed by atoms with Crippen LogP contribution in [0, 0.1) is 13.8 Å². The highest BCUT2D eigenvalue weighted by Crippen LogP contribution is 2.26. The third-order valence-electron chi connectivity index (χ3n) is 4.23. The number of nitrogens with zero attached hydrogens (tertiary/aromatic N) is 3. The minimum atomic E-state index is -0.321. The molecule has 0 aliphatic heterocycles. The zero-order valence-corrected chi connectivity index (χ0v) is 18.0. The average Bonchev–Trinajstić information content (AvgIpc) is 2.98. The first kappa shape index (κ1) is 20.8. The number of hydrogen-bond acceptors (Lipinski definition) is 5. The normalized spacial score (nSPS) is 10.8. The predicted molar refractivity (Wildman–Crippen MR) is 114 cm³/mol. The molecule has 0 radical (unpaired) electrons. The number of nitrogens with one attached hydrogen (secondary N) is 2. The summed E-state index contributed by atoms with van der Waals surface area (Å²) in [6, 6.07) is 9.22. The summed E-state index contributed by atoms with van der Waals surface area (Å²) >= 11 is 3.34. The Morgan fingerprint density at radius 2 is 1.90 bits per heavy atom. The number of rotatable bonds is 7. The Labute approximate surface area is 176 Å². The van der Waals surface area contributed by atoms with Crippen LogP contribution >= 0.6 is 15.9 Å². The quantitative estimate of drug-likeness (QED) is 0.565. The topological polar surface area (TPSA) is 98.1 Å². The first-order valence-corrected chi connectivity index (χ1v) is 9.88. The molecule has 1 aromatic carbocycles. The van der Waals surface area contributed by atoms with Crippen molar-refractivity contribution in [3.8, 4) is 5.88 Å². The number of hydrogen-bond donors (Lipinski definition) is 2. The molecule has 152 valence electrons. The van der Waals surface area contributed by atoms with E-state index in [0.29, 0.717) is 17.2 Å². The van der Waals surface area contributed by atoms with Gasteiger partial charge in [0.2, 0.25) is 11.8 Å². The van der Waals surface area contributed by atoms with Crippen molar-refractivity contribution >= 4 is 44.5 Å². The van der Waals surface area contributed by atoms with E-state index in [2.05, 4.69) is 36.6 Å². The van der Waals surface area contributed by atoms with Crippen LogP contribution in [-0.2, 0) is 16.6 Å². The molecule has 8 nitrogen and oxygen atoms in total.